The smallest absolute Gasteiger partial charge is 0.272 e. The van der Waals surface area contributed by atoms with E-state index < -0.39 is 27.2 Å². The van der Waals surface area contributed by atoms with E-state index in [1.54, 1.807) is 0 Å². The topological polar surface area (TPSA) is 108 Å². The molecule has 2 aromatic carbocycles. The molecule has 3 aromatic rings. The molecule has 0 radical (unpaired) electrons. The highest BCUT2D eigenvalue weighted by Gasteiger charge is 2.14. The number of hydrogen-bond donors (Lipinski definition) is 3. The van der Waals surface area contributed by atoms with E-state index in [9.17, 15) is 22.4 Å². The average Bonchev–Trinajstić information content (AvgIpc) is 2.54. The predicted molar refractivity (Wildman–Crippen MR) is 97.4 cm³/mol. The summed E-state index contributed by atoms with van der Waals surface area (Å²) in [5.41, 5.74) is -0.00868. The van der Waals surface area contributed by atoms with Crippen LogP contribution in [0.5, 0.6) is 0 Å². The molecule has 3 N–H and O–H groups in total. The largest absolute Gasteiger partial charge is 0.349 e. The molecule has 26 heavy (non-hydrogen) atoms. The van der Waals surface area contributed by atoms with Gasteiger partial charge in [-0.3, -0.25) is 14.3 Å². The number of anilines is 2. The third-order valence-corrected chi connectivity index (χ3v) is 4.08. The Morgan fingerprint density at radius 3 is 2.54 bits per heavy atom. The van der Waals surface area contributed by atoms with Crippen molar-refractivity contribution < 1.29 is 17.6 Å². The number of pyridine rings is 1. The fourth-order valence-electron chi connectivity index (χ4n) is 2.44. The van der Waals surface area contributed by atoms with Crippen LogP contribution in [0.25, 0.3) is 10.9 Å². The van der Waals surface area contributed by atoms with Gasteiger partial charge in [-0.05, 0) is 30.3 Å². The molecule has 7 nitrogen and oxygen atoms in total. The molecule has 0 bridgehead atoms. The zero-order valence-corrected chi connectivity index (χ0v) is 14.4. The van der Waals surface area contributed by atoms with Crippen molar-refractivity contribution in [3.63, 3.8) is 0 Å². The summed E-state index contributed by atoms with van der Waals surface area (Å²) in [4.78, 5) is 27.4. The van der Waals surface area contributed by atoms with Crippen molar-refractivity contribution >= 4 is 38.2 Å². The zero-order chi connectivity index (χ0) is 18.9. The lowest BCUT2D eigenvalue weighted by Crippen LogP contribution is -2.18. The molecule has 1 aromatic heterocycles. The van der Waals surface area contributed by atoms with E-state index in [0.717, 1.165) is 18.4 Å². The Morgan fingerprint density at radius 2 is 1.85 bits per heavy atom. The molecular formula is C17H14FN3O4S. The summed E-state index contributed by atoms with van der Waals surface area (Å²) in [6.07, 6.45) is 0.977. The van der Waals surface area contributed by atoms with Gasteiger partial charge in [0.05, 0.1) is 17.5 Å². The molecule has 0 aliphatic rings. The van der Waals surface area contributed by atoms with Gasteiger partial charge in [-0.2, -0.15) is 0 Å². The minimum atomic E-state index is -3.58. The number of sulfonamides is 1. The highest BCUT2D eigenvalue weighted by molar-refractivity contribution is 7.92. The number of carbonyl (C=O) groups is 1. The van der Waals surface area contributed by atoms with Crippen molar-refractivity contribution in [2.24, 2.45) is 0 Å². The van der Waals surface area contributed by atoms with Crippen molar-refractivity contribution in [2.45, 2.75) is 0 Å². The summed E-state index contributed by atoms with van der Waals surface area (Å²) in [6.45, 7) is 0. The molecule has 0 aliphatic heterocycles. The van der Waals surface area contributed by atoms with E-state index in [-0.39, 0.29) is 28.0 Å². The van der Waals surface area contributed by atoms with Crippen LogP contribution in [0.2, 0.25) is 0 Å². The molecule has 0 unspecified atom stereocenters. The lowest BCUT2D eigenvalue weighted by atomic mass is 10.1. The number of hydrogen-bond acceptors (Lipinski definition) is 4. The second kappa shape index (κ2) is 6.60. The van der Waals surface area contributed by atoms with Gasteiger partial charge in [0.2, 0.25) is 10.0 Å². The summed E-state index contributed by atoms with van der Waals surface area (Å²) >= 11 is 0. The highest BCUT2D eigenvalue weighted by Crippen LogP contribution is 2.20. The third-order valence-electron chi connectivity index (χ3n) is 3.49. The average molecular weight is 375 g/mol. The van der Waals surface area contributed by atoms with E-state index in [0.29, 0.717) is 0 Å². The van der Waals surface area contributed by atoms with Gasteiger partial charge in [0, 0.05) is 17.1 Å². The molecule has 1 heterocycles. The van der Waals surface area contributed by atoms with Crippen LogP contribution >= 0.6 is 0 Å². The predicted octanol–water partition coefficient (Wildman–Crippen LogP) is 2.29. The standard InChI is InChI=1S/C17H14FN3O4S/c1-26(24,25)21-13-7-3-6-12-15(22)9-14(20-16(12)13)17(23)19-11-5-2-4-10(18)8-11/h2-9,21H,1H3,(H,19,23)(H,20,22). The van der Waals surface area contributed by atoms with Gasteiger partial charge in [-0.1, -0.05) is 12.1 Å². The van der Waals surface area contributed by atoms with E-state index >= 15 is 0 Å². The van der Waals surface area contributed by atoms with Gasteiger partial charge in [-0.25, -0.2) is 12.8 Å². The van der Waals surface area contributed by atoms with Gasteiger partial charge >= 0.3 is 0 Å². The van der Waals surface area contributed by atoms with E-state index in [2.05, 4.69) is 15.0 Å². The Morgan fingerprint density at radius 1 is 1.12 bits per heavy atom. The molecular weight excluding hydrogens is 361 g/mol. The van der Waals surface area contributed by atoms with Gasteiger partial charge < -0.3 is 10.3 Å². The summed E-state index contributed by atoms with van der Waals surface area (Å²) in [5.74, 6) is -1.18. The number of aromatic amines is 1. The van der Waals surface area contributed by atoms with Crippen LogP contribution in [-0.4, -0.2) is 25.6 Å². The molecule has 0 atom stereocenters. The molecule has 0 fully saturated rings. The maximum Gasteiger partial charge on any atom is 0.272 e. The van der Waals surface area contributed by atoms with Crippen LogP contribution < -0.4 is 15.5 Å². The van der Waals surface area contributed by atoms with Crippen molar-refractivity contribution in [1.29, 1.82) is 0 Å². The Kier molecular flexibility index (Phi) is 4.47. The number of nitrogens with one attached hydrogen (secondary N) is 3. The van der Waals surface area contributed by atoms with E-state index in [4.69, 9.17) is 0 Å². The van der Waals surface area contributed by atoms with Crippen molar-refractivity contribution in [1.82, 2.24) is 4.98 Å². The van der Waals surface area contributed by atoms with Crippen molar-refractivity contribution in [3.8, 4) is 0 Å². The minimum Gasteiger partial charge on any atom is -0.349 e. The second-order valence-electron chi connectivity index (χ2n) is 5.61. The van der Waals surface area contributed by atoms with Gasteiger partial charge in [0.1, 0.15) is 11.5 Å². The molecule has 0 aliphatic carbocycles. The monoisotopic (exact) mass is 375 g/mol. The zero-order valence-electron chi connectivity index (χ0n) is 13.5. The fraction of sp³-hybridized carbons (Fsp3) is 0.0588. The molecule has 1 amide bonds. The Hall–Kier alpha value is -3.20. The summed E-state index contributed by atoms with van der Waals surface area (Å²) in [5, 5.41) is 2.69. The number of halogens is 1. The number of rotatable bonds is 4. The van der Waals surface area contributed by atoms with E-state index in [1.807, 2.05) is 0 Å². The Bertz CT molecular complexity index is 1170. The lowest BCUT2D eigenvalue weighted by molar-refractivity contribution is 0.102. The Labute approximate surface area is 147 Å². The summed E-state index contributed by atoms with van der Waals surface area (Å²) < 4.78 is 38.5. The normalized spacial score (nSPS) is 11.3. The lowest BCUT2D eigenvalue weighted by Gasteiger charge is -2.10. The number of H-pyrrole nitrogens is 1. The quantitative estimate of drug-likeness (QED) is 0.650. The van der Waals surface area contributed by atoms with Crippen LogP contribution in [0, 0.1) is 5.82 Å². The number of amides is 1. The maximum absolute atomic E-state index is 13.2. The maximum atomic E-state index is 13.2. The fourth-order valence-corrected chi connectivity index (χ4v) is 3.01. The summed E-state index contributed by atoms with van der Waals surface area (Å²) in [6, 6.07) is 10.9. The number of para-hydroxylation sites is 1. The number of fused-ring (bicyclic) bond motifs is 1. The minimum absolute atomic E-state index is 0.0884. The first-order valence-corrected chi connectivity index (χ1v) is 9.33. The summed E-state index contributed by atoms with van der Waals surface area (Å²) in [7, 11) is -3.58. The number of carbonyl (C=O) groups excluding carboxylic acids is 1. The molecule has 0 spiro atoms. The SMILES string of the molecule is CS(=O)(=O)Nc1cccc2c(=O)cc(C(=O)Nc3cccc(F)c3)[nH]c12. The molecule has 0 saturated heterocycles. The molecule has 9 heteroatoms. The first-order valence-electron chi connectivity index (χ1n) is 7.44. The van der Waals surface area contributed by atoms with Gasteiger partial charge in [0.25, 0.3) is 5.91 Å². The van der Waals surface area contributed by atoms with Crippen LogP contribution in [0.15, 0.2) is 53.3 Å². The molecule has 3 rings (SSSR count). The van der Waals surface area contributed by atoms with Crippen LogP contribution in [-0.2, 0) is 10.0 Å². The van der Waals surface area contributed by atoms with Crippen molar-refractivity contribution in [3.05, 3.63) is 70.3 Å². The molecule has 134 valence electrons. The van der Waals surface area contributed by atoms with Crippen LogP contribution in [0.1, 0.15) is 10.5 Å². The van der Waals surface area contributed by atoms with Gasteiger partial charge in [-0.15, -0.1) is 0 Å². The first kappa shape index (κ1) is 17.6. The third kappa shape index (κ3) is 3.89. The van der Waals surface area contributed by atoms with Crippen molar-refractivity contribution in [2.75, 3.05) is 16.3 Å². The van der Waals surface area contributed by atoms with Crippen LogP contribution in [0.4, 0.5) is 15.8 Å². The Balaban J connectivity index is 2.05. The second-order valence-corrected chi connectivity index (χ2v) is 7.36. The number of benzene rings is 2. The van der Waals surface area contributed by atoms with Crippen LogP contribution in [0.3, 0.4) is 0 Å². The highest BCUT2D eigenvalue weighted by atomic mass is 32.2. The number of aromatic nitrogens is 1. The van der Waals surface area contributed by atoms with Gasteiger partial charge in [0.15, 0.2) is 5.43 Å². The first-order chi connectivity index (χ1) is 12.2. The van der Waals surface area contributed by atoms with E-state index in [1.165, 1.54) is 36.4 Å². The molecule has 0 saturated carbocycles.